The molecule has 2 aliphatic rings. The van der Waals surface area contributed by atoms with Crippen LogP contribution in [-0.4, -0.2) is 43.7 Å². The molecule has 0 unspecified atom stereocenters. The van der Waals surface area contributed by atoms with Gasteiger partial charge < -0.3 is 14.6 Å². The molecule has 2 aromatic rings. The second kappa shape index (κ2) is 4.39. The molecule has 7 heteroatoms. The van der Waals surface area contributed by atoms with Crippen molar-refractivity contribution in [3.63, 3.8) is 0 Å². The van der Waals surface area contributed by atoms with Gasteiger partial charge in [0, 0.05) is 18.8 Å². The molecule has 2 aromatic heterocycles. The monoisotopic (exact) mass is 276 g/mol. The summed E-state index contributed by atoms with van der Waals surface area (Å²) in [6.45, 7) is 1.39. The molecule has 0 aromatic carbocycles. The lowest BCUT2D eigenvalue weighted by Crippen LogP contribution is -2.35. The Morgan fingerprint density at radius 2 is 1.95 bits per heavy atom. The number of aromatic hydroxyl groups is 1. The van der Waals surface area contributed by atoms with Gasteiger partial charge in [-0.25, -0.2) is 9.50 Å². The van der Waals surface area contributed by atoms with Crippen molar-refractivity contribution in [3.8, 4) is 5.88 Å². The molecule has 1 aliphatic carbocycles. The number of hydrogen-bond donors (Lipinski definition) is 1. The molecule has 0 atom stereocenters. The quantitative estimate of drug-likeness (QED) is 0.843. The summed E-state index contributed by atoms with van der Waals surface area (Å²) in [7, 11) is 0. The molecule has 106 valence electrons. The highest BCUT2D eigenvalue weighted by atomic mass is 16.7. The summed E-state index contributed by atoms with van der Waals surface area (Å²) in [5.41, 5.74) is 0.552. The van der Waals surface area contributed by atoms with Crippen LogP contribution < -0.4 is 0 Å². The Morgan fingerprint density at radius 3 is 2.70 bits per heavy atom. The van der Waals surface area contributed by atoms with Crippen LogP contribution in [0.25, 0.3) is 5.52 Å². The zero-order valence-corrected chi connectivity index (χ0v) is 11.0. The fourth-order valence-electron chi connectivity index (χ4n) is 3.21. The average Bonchev–Trinajstić information content (AvgIpc) is 3.09. The molecule has 1 saturated carbocycles. The van der Waals surface area contributed by atoms with E-state index in [0.717, 1.165) is 31.5 Å². The number of nitrogens with zero attached hydrogens (tertiary/aromatic N) is 4. The number of imidazole rings is 1. The molecule has 2 fully saturated rings. The van der Waals surface area contributed by atoms with E-state index in [2.05, 4.69) is 15.1 Å². The molecule has 0 radical (unpaired) electrons. The Hall–Kier alpha value is -1.73. The Kier molecular flexibility index (Phi) is 2.64. The smallest absolute Gasteiger partial charge is 0.240 e. The second-order valence-corrected chi connectivity index (χ2v) is 5.38. The maximum absolute atomic E-state index is 9.70. The number of ether oxygens (including phenoxy) is 2. The molecule has 1 spiro atoms. The first-order valence-electron chi connectivity index (χ1n) is 6.93. The molecule has 4 rings (SSSR count). The van der Waals surface area contributed by atoms with E-state index in [1.807, 2.05) is 0 Å². The van der Waals surface area contributed by atoms with Crippen LogP contribution in [0.4, 0.5) is 0 Å². The normalized spacial score (nSPS) is 22.8. The van der Waals surface area contributed by atoms with Crippen molar-refractivity contribution in [1.29, 1.82) is 0 Å². The van der Waals surface area contributed by atoms with Crippen LogP contribution in [0.1, 0.15) is 37.4 Å². The molecular weight excluding hydrogens is 260 g/mol. The Labute approximate surface area is 115 Å². The van der Waals surface area contributed by atoms with E-state index in [1.165, 1.54) is 6.33 Å². The molecule has 1 aliphatic heterocycles. The van der Waals surface area contributed by atoms with E-state index < -0.39 is 0 Å². The molecule has 7 nitrogen and oxygen atoms in total. The predicted molar refractivity (Wildman–Crippen MR) is 68.3 cm³/mol. The van der Waals surface area contributed by atoms with Crippen molar-refractivity contribution in [1.82, 2.24) is 19.6 Å². The summed E-state index contributed by atoms with van der Waals surface area (Å²) in [6.07, 6.45) is 6.62. The third-order valence-corrected chi connectivity index (χ3v) is 4.27. The van der Waals surface area contributed by atoms with Crippen LogP contribution in [0.15, 0.2) is 12.5 Å². The number of hydrogen-bond acceptors (Lipinski definition) is 6. The van der Waals surface area contributed by atoms with Crippen molar-refractivity contribution in [2.24, 2.45) is 0 Å². The average molecular weight is 276 g/mol. The van der Waals surface area contributed by atoms with Gasteiger partial charge in [-0.1, -0.05) is 0 Å². The second-order valence-electron chi connectivity index (χ2n) is 5.38. The SMILES string of the molecule is Oc1ncnn2c(C3CCC4(CC3)OCCO4)ncc12. The molecule has 1 saturated heterocycles. The Morgan fingerprint density at radius 1 is 1.20 bits per heavy atom. The van der Waals surface area contributed by atoms with Gasteiger partial charge in [0.25, 0.3) is 0 Å². The minimum absolute atomic E-state index is 0.0338. The standard InChI is InChI=1S/C13H16N4O3/c18-12-10-7-14-11(17(10)16-8-15-12)9-1-3-13(4-2-9)19-5-6-20-13/h7-9H,1-6H2,(H,15,16,18). The molecule has 3 heterocycles. The van der Waals surface area contributed by atoms with E-state index in [1.54, 1.807) is 10.7 Å². The zero-order valence-electron chi connectivity index (χ0n) is 11.0. The third kappa shape index (κ3) is 1.77. The summed E-state index contributed by atoms with van der Waals surface area (Å²) in [6, 6.07) is 0. The van der Waals surface area contributed by atoms with Crippen molar-refractivity contribution in [2.75, 3.05) is 13.2 Å². The molecule has 1 N–H and O–H groups in total. The topological polar surface area (TPSA) is 81.8 Å². The molecule has 0 amide bonds. The fourth-order valence-corrected chi connectivity index (χ4v) is 3.21. The largest absolute Gasteiger partial charge is 0.492 e. The van der Waals surface area contributed by atoms with Gasteiger partial charge in [-0.3, -0.25) is 0 Å². The van der Waals surface area contributed by atoms with Crippen LogP contribution in [-0.2, 0) is 9.47 Å². The summed E-state index contributed by atoms with van der Waals surface area (Å²) < 4.78 is 13.2. The van der Waals surface area contributed by atoms with Gasteiger partial charge in [0.05, 0.1) is 19.4 Å². The number of rotatable bonds is 1. The maximum Gasteiger partial charge on any atom is 0.240 e. The van der Waals surface area contributed by atoms with E-state index >= 15 is 0 Å². The lowest BCUT2D eigenvalue weighted by molar-refractivity contribution is -0.179. The summed E-state index contributed by atoms with van der Waals surface area (Å²) in [5.74, 6) is 0.796. The molecular formula is C13H16N4O3. The lowest BCUT2D eigenvalue weighted by atomic mass is 9.84. The van der Waals surface area contributed by atoms with Gasteiger partial charge in [-0.2, -0.15) is 10.1 Å². The first kappa shape index (κ1) is 12.0. The lowest BCUT2D eigenvalue weighted by Gasteiger charge is -2.34. The first-order valence-corrected chi connectivity index (χ1v) is 6.93. The van der Waals surface area contributed by atoms with E-state index in [0.29, 0.717) is 24.6 Å². The molecule has 20 heavy (non-hydrogen) atoms. The van der Waals surface area contributed by atoms with Crippen LogP contribution in [0, 0.1) is 0 Å². The highest BCUT2D eigenvalue weighted by molar-refractivity contribution is 5.53. The fraction of sp³-hybridized carbons (Fsp3) is 0.615. The number of fused-ring (bicyclic) bond motifs is 1. The van der Waals surface area contributed by atoms with Gasteiger partial charge in [-0.15, -0.1) is 0 Å². The van der Waals surface area contributed by atoms with Crippen LogP contribution in [0.3, 0.4) is 0 Å². The highest BCUT2D eigenvalue weighted by Gasteiger charge is 2.41. The predicted octanol–water partition coefficient (Wildman–Crippen LogP) is 1.23. The van der Waals surface area contributed by atoms with Crippen LogP contribution in [0.5, 0.6) is 5.88 Å². The van der Waals surface area contributed by atoms with Gasteiger partial charge in [0.2, 0.25) is 5.88 Å². The van der Waals surface area contributed by atoms with Crippen molar-refractivity contribution < 1.29 is 14.6 Å². The van der Waals surface area contributed by atoms with E-state index in [4.69, 9.17) is 9.47 Å². The molecule has 0 bridgehead atoms. The highest BCUT2D eigenvalue weighted by Crippen LogP contribution is 2.42. The summed E-state index contributed by atoms with van der Waals surface area (Å²) in [5, 5.41) is 13.9. The van der Waals surface area contributed by atoms with Gasteiger partial charge >= 0.3 is 0 Å². The summed E-state index contributed by atoms with van der Waals surface area (Å²) >= 11 is 0. The zero-order chi connectivity index (χ0) is 13.6. The van der Waals surface area contributed by atoms with E-state index in [9.17, 15) is 5.11 Å². The van der Waals surface area contributed by atoms with Crippen molar-refractivity contribution in [3.05, 3.63) is 18.3 Å². The number of aromatic nitrogens is 4. The van der Waals surface area contributed by atoms with Crippen LogP contribution >= 0.6 is 0 Å². The van der Waals surface area contributed by atoms with Crippen molar-refractivity contribution >= 4 is 5.52 Å². The third-order valence-electron chi connectivity index (χ3n) is 4.27. The minimum Gasteiger partial charge on any atom is -0.492 e. The van der Waals surface area contributed by atoms with Gasteiger partial charge in [0.15, 0.2) is 5.79 Å². The van der Waals surface area contributed by atoms with Crippen molar-refractivity contribution in [2.45, 2.75) is 37.4 Å². The maximum atomic E-state index is 9.70. The van der Waals surface area contributed by atoms with Gasteiger partial charge in [0.1, 0.15) is 17.7 Å². The first-order chi connectivity index (χ1) is 9.77. The van der Waals surface area contributed by atoms with Crippen LogP contribution in [0.2, 0.25) is 0 Å². The Bertz CT molecular complexity index is 626. The summed E-state index contributed by atoms with van der Waals surface area (Å²) in [4.78, 5) is 8.18. The van der Waals surface area contributed by atoms with E-state index in [-0.39, 0.29) is 11.7 Å². The van der Waals surface area contributed by atoms with Gasteiger partial charge in [-0.05, 0) is 12.8 Å². The minimum atomic E-state index is -0.360. The Balaban J connectivity index is 1.60.